The fourth-order valence-corrected chi connectivity index (χ4v) is 1.86. The number of para-hydroxylation sites is 1. The van der Waals surface area contributed by atoms with Gasteiger partial charge in [0.1, 0.15) is 5.75 Å². The number of nitrogens with zero attached hydrogens (tertiary/aromatic N) is 1. The lowest BCUT2D eigenvalue weighted by Crippen LogP contribution is -2.13. The molecule has 0 fully saturated rings. The molecule has 18 heavy (non-hydrogen) atoms. The van der Waals surface area contributed by atoms with Crippen molar-refractivity contribution in [3.8, 4) is 5.75 Å². The maximum atomic E-state index is 10.7. The van der Waals surface area contributed by atoms with Gasteiger partial charge in [-0.3, -0.25) is 10.1 Å². The second kappa shape index (κ2) is 7.27. The zero-order chi connectivity index (χ0) is 13.4. The Balaban J connectivity index is 2.98. The fourth-order valence-electron chi connectivity index (χ4n) is 1.86. The van der Waals surface area contributed by atoms with Crippen molar-refractivity contribution >= 4 is 0 Å². The molecule has 0 amide bonds. The molecule has 4 nitrogen and oxygen atoms in total. The molecular weight excluding hydrogens is 230 g/mol. The summed E-state index contributed by atoms with van der Waals surface area (Å²) in [6, 6.07) is 7.33. The van der Waals surface area contributed by atoms with Crippen molar-refractivity contribution in [3.05, 3.63) is 65.4 Å². The molecule has 96 valence electrons. The minimum absolute atomic E-state index is 0.106. The number of hydrogen-bond donors (Lipinski definition) is 0. The van der Waals surface area contributed by atoms with Crippen molar-refractivity contribution in [2.45, 2.75) is 18.8 Å². The van der Waals surface area contributed by atoms with Crippen LogP contribution in [0.25, 0.3) is 0 Å². The van der Waals surface area contributed by atoms with Gasteiger partial charge in [-0.05, 0) is 18.9 Å². The molecule has 0 heterocycles. The Labute approximate surface area is 107 Å². The second-order valence-electron chi connectivity index (χ2n) is 3.90. The van der Waals surface area contributed by atoms with Crippen LogP contribution in [-0.4, -0.2) is 11.5 Å². The first-order valence-corrected chi connectivity index (χ1v) is 5.78. The summed E-state index contributed by atoms with van der Waals surface area (Å²) in [6.07, 6.45) is 4.52. The average Bonchev–Trinajstić information content (AvgIpc) is 2.35. The molecule has 0 aliphatic rings. The molecule has 0 N–H and O–H groups in total. The number of ether oxygens (including phenoxy) is 1. The van der Waals surface area contributed by atoms with Gasteiger partial charge in [-0.15, -0.1) is 6.58 Å². The van der Waals surface area contributed by atoms with Crippen molar-refractivity contribution in [1.82, 2.24) is 0 Å². The van der Waals surface area contributed by atoms with Crippen molar-refractivity contribution in [3.63, 3.8) is 0 Å². The zero-order valence-corrected chi connectivity index (χ0v) is 10.2. The average molecular weight is 247 g/mol. The van der Waals surface area contributed by atoms with Crippen molar-refractivity contribution in [1.29, 1.82) is 0 Å². The maximum Gasteiger partial charge on any atom is 0.210 e. The molecule has 0 aliphatic carbocycles. The number of benzene rings is 1. The van der Waals surface area contributed by atoms with Crippen LogP contribution in [0.3, 0.4) is 0 Å². The van der Waals surface area contributed by atoms with Crippen molar-refractivity contribution in [2.24, 2.45) is 0 Å². The molecule has 0 saturated carbocycles. The largest absolute Gasteiger partial charge is 0.465 e. The molecule has 1 rings (SSSR count). The van der Waals surface area contributed by atoms with Crippen LogP contribution < -0.4 is 4.74 Å². The number of nitro groups is 1. The van der Waals surface area contributed by atoms with Crippen LogP contribution in [0.15, 0.2) is 49.8 Å². The Hall–Kier alpha value is -2.10. The Bertz CT molecular complexity index is 429. The van der Waals surface area contributed by atoms with E-state index in [9.17, 15) is 10.1 Å². The molecule has 1 aromatic carbocycles. The molecule has 0 bridgehead atoms. The predicted octanol–water partition coefficient (Wildman–Crippen LogP) is 3.54. The van der Waals surface area contributed by atoms with E-state index in [0.717, 1.165) is 12.0 Å². The van der Waals surface area contributed by atoms with Gasteiger partial charge in [0, 0.05) is 10.5 Å². The minimum Gasteiger partial charge on any atom is -0.465 e. The highest BCUT2D eigenvalue weighted by molar-refractivity contribution is 5.36. The summed E-state index contributed by atoms with van der Waals surface area (Å²) in [7, 11) is 0. The molecule has 0 aliphatic heterocycles. The van der Waals surface area contributed by atoms with E-state index in [-0.39, 0.29) is 17.4 Å². The van der Waals surface area contributed by atoms with Gasteiger partial charge in [-0.2, -0.15) is 0 Å². The lowest BCUT2D eigenvalue weighted by Gasteiger charge is -2.15. The quantitative estimate of drug-likeness (QED) is 0.305. The van der Waals surface area contributed by atoms with Crippen LogP contribution in [0.1, 0.15) is 24.3 Å². The summed E-state index contributed by atoms with van der Waals surface area (Å²) in [5.41, 5.74) is 0.843. The van der Waals surface area contributed by atoms with E-state index in [1.165, 1.54) is 6.26 Å². The van der Waals surface area contributed by atoms with Gasteiger partial charge in [-0.25, -0.2) is 0 Å². The molecule has 0 aromatic heterocycles. The van der Waals surface area contributed by atoms with Crippen LogP contribution in [0, 0.1) is 10.1 Å². The topological polar surface area (TPSA) is 52.4 Å². The highest BCUT2D eigenvalue weighted by atomic mass is 16.6. The molecule has 1 atom stereocenters. The molecule has 1 unspecified atom stereocenters. The first kappa shape index (κ1) is 14.0. The highest BCUT2D eigenvalue weighted by Crippen LogP contribution is 2.30. The molecule has 0 saturated heterocycles. The van der Waals surface area contributed by atoms with E-state index in [1.807, 2.05) is 18.2 Å². The second-order valence-corrected chi connectivity index (χ2v) is 3.90. The monoisotopic (exact) mass is 247 g/mol. The lowest BCUT2D eigenvalue weighted by atomic mass is 9.93. The number of hydrogen-bond acceptors (Lipinski definition) is 3. The predicted molar refractivity (Wildman–Crippen MR) is 71.3 cm³/mol. The summed E-state index contributed by atoms with van der Waals surface area (Å²) in [6.45, 7) is 7.05. The van der Waals surface area contributed by atoms with Crippen LogP contribution >= 0.6 is 0 Å². The molecule has 0 radical (unpaired) electrons. The Morgan fingerprint density at radius 3 is 2.72 bits per heavy atom. The number of rotatable bonds is 8. The van der Waals surface area contributed by atoms with Crippen LogP contribution in [0.2, 0.25) is 0 Å². The van der Waals surface area contributed by atoms with E-state index in [1.54, 1.807) is 12.1 Å². The Morgan fingerprint density at radius 1 is 1.39 bits per heavy atom. The van der Waals surface area contributed by atoms with E-state index in [4.69, 9.17) is 4.74 Å². The lowest BCUT2D eigenvalue weighted by molar-refractivity contribution is -0.483. The summed E-state index contributed by atoms with van der Waals surface area (Å²) in [5.74, 6) is 0.456. The van der Waals surface area contributed by atoms with E-state index in [2.05, 4.69) is 13.2 Å². The standard InChI is InChI=1S/C14H17NO3/c1-3-5-8-12(11-15(16)17)13-9-6-7-10-14(13)18-4-2/h3-4,6-7,9-10,12H,1-2,5,8,11H2. The van der Waals surface area contributed by atoms with Crippen molar-refractivity contribution in [2.75, 3.05) is 6.54 Å². The van der Waals surface area contributed by atoms with Gasteiger partial charge in [0.15, 0.2) is 0 Å². The minimum atomic E-state index is -0.293. The van der Waals surface area contributed by atoms with Gasteiger partial charge in [-0.1, -0.05) is 30.9 Å². The van der Waals surface area contributed by atoms with Gasteiger partial charge in [0.25, 0.3) is 0 Å². The Kier molecular flexibility index (Phi) is 5.64. The fraction of sp³-hybridized carbons (Fsp3) is 0.286. The zero-order valence-electron chi connectivity index (χ0n) is 10.2. The van der Waals surface area contributed by atoms with Gasteiger partial charge < -0.3 is 4.74 Å². The van der Waals surface area contributed by atoms with Crippen LogP contribution in [0.5, 0.6) is 5.75 Å². The van der Waals surface area contributed by atoms with E-state index in [0.29, 0.717) is 12.2 Å². The first-order valence-electron chi connectivity index (χ1n) is 5.78. The smallest absolute Gasteiger partial charge is 0.210 e. The molecular formula is C14H17NO3. The van der Waals surface area contributed by atoms with Gasteiger partial charge in [0.05, 0.1) is 12.2 Å². The van der Waals surface area contributed by atoms with Crippen molar-refractivity contribution < 1.29 is 9.66 Å². The maximum absolute atomic E-state index is 10.7. The summed E-state index contributed by atoms with van der Waals surface area (Å²) < 4.78 is 5.29. The summed E-state index contributed by atoms with van der Waals surface area (Å²) in [4.78, 5) is 10.4. The van der Waals surface area contributed by atoms with E-state index < -0.39 is 0 Å². The summed E-state index contributed by atoms with van der Waals surface area (Å²) in [5, 5.41) is 10.7. The molecule has 0 spiro atoms. The third kappa shape index (κ3) is 4.05. The molecule has 1 aromatic rings. The summed E-state index contributed by atoms with van der Waals surface area (Å²) >= 11 is 0. The highest BCUT2D eigenvalue weighted by Gasteiger charge is 2.20. The van der Waals surface area contributed by atoms with Gasteiger partial charge in [0.2, 0.25) is 6.54 Å². The first-order chi connectivity index (χ1) is 8.69. The Morgan fingerprint density at radius 2 is 2.11 bits per heavy atom. The van der Waals surface area contributed by atoms with Crippen LogP contribution in [-0.2, 0) is 0 Å². The number of allylic oxidation sites excluding steroid dienone is 1. The van der Waals surface area contributed by atoms with Gasteiger partial charge >= 0.3 is 0 Å². The normalized spacial score (nSPS) is 11.6. The van der Waals surface area contributed by atoms with E-state index >= 15 is 0 Å². The third-order valence-corrected chi connectivity index (χ3v) is 2.66. The third-order valence-electron chi connectivity index (χ3n) is 2.66. The SMILES string of the molecule is C=CCCC(C[N+](=O)[O-])c1ccccc1OC=C. The van der Waals surface area contributed by atoms with Crippen LogP contribution in [0.4, 0.5) is 0 Å². The molecule has 4 heteroatoms.